The molecule has 1 fully saturated rings. The maximum atomic E-state index is 13.1. The first-order chi connectivity index (χ1) is 18.1. The van der Waals surface area contributed by atoms with E-state index in [1.807, 2.05) is 37.2 Å². The molecule has 1 saturated heterocycles. The summed E-state index contributed by atoms with van der Waals surface area (Å²) in [4.78, 5) is 57.9. The van der Waals surface area contributed by atoms with E-state index >= 15 is 0 Å². The average molecular weight is 579 g/mol. The van der Waals surface area contributed by atoms with Crippen molar-refractivity contribution >= 4 is 57.0 Å². The van der Waals surface area contributed by atoms with Crippen LogP contribution in [0.15, 0.2) is 57.2 Å². The second kappa shape index (κ2) is 10.2. The molecule has 0 radical (unpaired) electrons. The summed E-state index contributed by atoms with van der Waals surface area (Å²) in [5, 5.41) is 13.1. The van der Waals surface area contributed by atoms with Gasteiger partial charge in [0, 0.05) is 67.4 Å². The molecule has 9 nitrogen and oxygen atoms in total. The Morgan fingerprint density at radius 1 is 1.13 bits per heavy atom. The summed E-state index contributed by atoms with van der Waals surface area (Å²) >= 11 is 3.58. The van der Waals surface area contributed by atoms with E-state index < -0.39 is 11.9 Å². The minimum Gasteiger partial charge on any atom is -0.511 e. The van der Waals surface area contributed by atoms with Crippen LogP contribution < -0.4 is 10.2 Å². The third-order valence-corrected chi connectivity index (χ3v) is 8.03. The number of amides is 3. The van der Waals surface area contributed by atoms with Crippen LogP contribution in [0.2, 0.25) is 0 Å². The number of fused-ring (bicyclic) bond motifs is 1. The molecule has 0 spiro atoms. The molecule has 2 aromatic carbocycles. The van der Waals surface area contributed by atoms with Gasteiger partial charge >= 0.3 is 0 Å². The summed E-state index contributed by atoms with van der Waals surface area (Å²) in [5.74, 6) is -1.52. The first-order valence-corrected chi connectivity index (χ1v) is 13.2. The lowest BCUT2D eigenvalue weighted by molar-refractivity contribution is -0.137. The Hall–Kier alpha value is -3.79. The van der Waals surface area contributed by atoms with Gasteiger partial charge in [-0.15, -0.1) is 0 Å². The molecule has 3 aliphatic rings. The van der Waals surface area contributed by atoms with Crippen LogP contribution in [0.3, 0.4) is 0 Å². The van der Waals surface area contributed by atoms with Crippen molar-refractivity contribution in [3.8, 4) is 0 Å². The third kappa shape index (κ3) is 4.76. The van der Waals surface area contributed by atoms with Gasteiger partial charge in [0.1, 0.15) is 11.8 Å². The van der Waals surface area contributed by atoms with Crippen LogP contribution in [0.4, 0.5) is 11.4 Å². The SMILES string of the molecule is CN(C)c1ccc(Br)c(C2CC(=O)C(C=Nc3cccc4c3CN(C3CCC(=O)NC3=O)C4=O)=C(O)C2)c1. The van der Waals surface area contributed by atoms with Gasteiger partial charge in [0.25, 0.3) is 5.91 Å². The zero-order valence-electron chi connectivity index (χ0n) is 21.0. The molecule has 2 aliphatic heterocycles. The molecule has 2 aromatic rings. The Labute approximate surface area is 228 Å². The van der Waals surface area contributed by atoms with Crippen molar-refractivity contribution in [3.63, 3.8) is 0 Å². The minimum absolute atomic E-state index is 0.0222. The number of Topliss-reactive ketones (excluding diaryl/α,β-unsaturated/α-hetero) is 1. The minimum atomic E-state index is -0.724. The largest absolute Gasteiger partial charge is 0.511 e. The number of halogens is 1. The monoisotopic (exact) mass is 578 g/mol. The van der Waals surface area contributed by atoms with Gasteiger partial charge in [-0.2, -0.15) is 0 Å². The number of aliphatic hydroxyl groups excluding tert-OH is 1. The zero-order chi connectivity index (χ0) is 27.1. The fourth-order valence-electron chi connectivity index (χ4n) is 5.22. The first-order valence-electron chi connectivity index (χ1n) is 12.4. The number of ketones is 1. The summed E-state index contributed by atoms with van der Waals surface area (Å²) in [6.07, 6.45) is 2.35. The molecular weight excluding hydrogens is 552 g/mol. The van der Waals surface area contributed by atoms with E-state index in [0.717, 1.165) is 15.7 Å². The van der Waals surface area contributed by atoms with Gasteiger partial charge < -0.3 is 14.9 Å². The highest BCUT2D eigenvalue weighted by atomic mass is 79.9. The number of aliphatic imine (C=N–C) groups is 1. The molecule has 2 unspecified atom stereocenters. The number of allylic oxidation sites excluding steroid dienone is 2. The van der Waals surface area contributed by atoms with Gasteiger partial charge in [-0.1, -0.05) is 22.0 Å². The molecule has 2 atom stereocenters. The lowest BCUT2D eigenvalue weighted by atomic mass is 9.82. The Morgan fingerprint density at radius 2 is 1.92 bits per heavy atom. The molecule has 2 N–H and O–H groups in total. The fourth-order valence-corrected chi connectivity index (χ4v) is 5.79. The first kappa shape index (κ1) is 25.8. The van der Waals surface area contributed by atoms with E-state index in [1.165, 1.54) is 11.1 Å². The maximum absolute atomic E-state index is 13.1. The molecule has 38 heavy (non-hydrogen) atoms. The number of anilines is 1. The normalized spacial score (nSPS) is 21.8. The van der Waals surface area contributed by atoms with Gasteiger partial charge in [0.2, 0.25) is 11.8 Å². The van der Waals surface area contributed by atoms with Crippen LogP contribution in [-0.2, 0) is 20.9 Å². The summed E-state index contributed by atoms with van der Waals surface area (Å²) in [7, 11) is 3.89. The van der Waals surface area contributed by atoms with Gasteiger partial charge in [0.05, 0.1) is 11.3 Å². The number of hydrogen-bond donors (Lipinski definition) is 2. The number of carbonyl (C=O) groups is 4. The third-order valence-electron chi connectivity index (χ3n) is 7.31. The number of benzene rings is 2. The van der Waals surface area contributed by atoms with E-state index in [1.54, 1.807) is 18.2 Å². The summed E-state index contributed by atoms with van der Waals surface area (Å²) in [6.45, 7) is 0.172. The van der Waals surface area contributed by atoms with Crippen LogP contribution >= 0.6 is 15.9 Å². The van der Waals surface area contributed by atoms with Gasteiger partial charge in [-0.25, -0.2) is 0 Å². The molecule has 0 saturated carbocycles. The number of carbonyl (C=O) groups excluding carboxylic acids is 4. The number of hydrogen-bond acceptors (Lipinski definition) is 7. The summed E-state index contributed by atoms with van der Waals surface area (Å²) < 4.78 is 0.885. The highest BCUT2D eigenvalue weighted by molar-refractivity contribution is 9.10. The standard InChI is InChI=1S/C28H27BrN4O5/c1-32(2)16-6-7-21(29)18(12-16)15-10-24(34)19(25(35)11-15)13-30-22-5-3-4-17-20(22)14-33(28(17)38)23-8-9-26(36)31-27(23)37/h3-7,12-13,15,23,34H,8-11,14H2,1-2H3,(H,31,36,37). The van der Waals surface area contributed by atoms with Crippen molar-refractivity contribution in [2.45, 2.75) is 44.2 Å². The molecular formula is C28H27BrN4O5. The average Bonchev–Trinajstić information content (AvgIpc) is 3.20. The van der Waals surface area contributed by atoms with Crippen molar-refractivity contribution in [1.82, 2.24) is 10.2 Å². The quantitative estimate of drug-likeness (QED) is 0.409. The number of nitrogens with zero attached hydrogens (tertiary/aromatic N) is 3. The van der Waals surface area contributed by atoms with Crippen LogP contribution in [0.5, 0.6) is 0 Å². The Bertz CT molecular complexity index is 1430. The Kier molecular flexibility index (Phi) is 6.92. The number of imide groups is 1. The van der Waals surface area contributed by atoms with Crippen LogP contribution in [0.25, 0.3) is 0 Å². The topological polar surface area (TPSA) is 119 Å². The molecule has 5 rings (SSSR count). The molecule has 2 heterocycles. The lowest BCUT2D eigenvalue weighted by Gasteiger charge is -2.29. The van der Waals surface area contributed by atoms with Gasteiger partial charge in [0.15, 0.2) is 5.78 Å². The maximum Gasteiger partial charge on any atom is 0.255 e. The second-order valence-electron chi connectivity index (χ2n) is 9.95. The second-order valence-corrected chi connectivity index (χ2v) is 10.8. The fraction of sp³-hybridized carbons (Fsp3) is 0.321. The number of rotatable bonds is 5. The van der Waals surface area contributed by atoms with Crippen molar-refractivity contribution in [2.24, 2.45) is 4.99 Å². The Morgan fingerprint density at radius 3 is 2.63 bits per heavy atom. The predicted octanol–water partition coefficient (Wildman–Crippen LogP) is 3.94. The summed E-state index contributed by atoms with van der Waals surface area (Å²) in [5.41, 5.74) is 3.69. The highest BCUT2D eigenvalue weighted by Gasteiger charge is 2.40. The number of aliphatic hydroxyl groups is 1. The Balaban J connectivity index is 1.38. The zero-order valence-corrected chi connectivity index (χ0v) is 22.6. The van der Waals surface area contributed by atoms with E-state index in [4.69, 9.17) is 0 Å². The van der Waals surface area contributed by atoms with Crippen molar-refractivity contribution < 1.29 is 24.3 Å². The number of piperidine rings is 1. The molecule has 3 amide bonds. The molecule has 10 heteroatoms. The van der Waals surface area contributed by atoms with Gasteiger partial charge in [-0.3, -0.25) is 29.5 Å². The molecule has 1 aliphatic carbocycles. The van der Waals surface area contributed by atoms with Crippen molar-refractivity contribution in [1.29, 1.82) is 0 Å². The summed E-state index contributed by atoms with van der Waals surface area (Å²) in [6, 6.07) is 10.3. The molecule has 0 bridgehead atoms. The predicted molar refractivity (Wildman–Crippen MR) is 146 cm³/mol. The molecule has 196 valence electrons. The number of nitrogens with one attached hydrogen (secondary N) is 1. The van der Waals surface area contributed by atoms with E-state index in [0.29, 0.717) is 23.2 Å². The lowest BCUT2D eigenvalue weighted by Crippen LogP contribution is -2.52. The van der Waals surface area contributed by atoms with Crippen molar-refractivity contribution in [2.75, 3.05) is 19.0 Å². The van der Waals surface area contributed by atoms with Crippen molar-refractivity contribution in [3.05, 3.63) is 68.9 Å². The van der Waals surface area contributed by atoms with Crippen LogP contribution in [0.1, 0.15) is 53.1 Å². The van der Waals surface area contributed by atoms with E-state index in [2.05, 4.69) is 26.2 Å². The van der Waals surface area contributed by atoms with E-state index in [9.17, 15) is 24.3 Å². The van der Waals surface area contributed by atoms with Crippen LogP contribution in [0, 0.1) is 0 Å². The van der Waals surface area contributed by atoms with Crippen LogP contribution in [-0.4, -0.2) is 59.9 Å². The smallest absolute Gasteiger partial charge is 0.255 e. The molecule has 0 aromatic heterocycles. The highest BCUT2D eigenvalue weighted by Crippen LogP contribution is 2.39. The van der Waals surface area contributed by atoms with E-state index in [-0.39, 0.29) is 60.7 Å². The van der Waals surface area contributed by atoms with Gasteiger partial charge in [-0.05, 0) is 48.2 Å².